The molecule has 2 rings (SSSR count). The van der Waals surface area contributed by atoms with E-state index in [-0.39, 0.29) is 5.41 Å². The average Bonchev–Trinajstić information content (AvgIpc) is 2.01. The molecule has 1 unspecified atom stereocenters. The number of likely N-dealkylation sites (tertiary alicyclic amines) is 1. The van der Waals surface area contributed by atoms with Gasteiger partial charge in [0.2, 0.25) is 0 Å². The molecule has 0 radical (unpaired) electrons. The molecule has 3 heteroatoms. The van der Waals surface area contributed by atoms with Crippen molar-refractivity contribution in [3.8, 4) is 0 Å². The smallest absolute Gasteiger partial charge is 0.0842 e. The van der Waals surface area contributed by atoms with Crippen molar-refractivity contribution >= 4 is 0 Å². The largest absolute Gasteiger partial charge is 0.388 e. The van der Waals surface area contributed by atoms with Crippen LogP contribution in [-0.2, 0) is 0 Å². The van der Waals surface area contributed by atoms with Crippen LogP contribution in [0.15, 0.2) is 0 Å². The fourth-order valence-corrected chi connectivity index (χ4v) is 3.14. The van der Waals surface area contributed by atoms with Crippen molar-refractivity contribution in [3.63, 3.8) is 0 Å². The summed E-state index contributed by atoms with van der Waals surface area (Å²) in [7, 11) is 2.09. The molecule has 0 spiro atoms. The van der Waals surface area contributed by atoms with Crippen molar-refractivity contribution in [2.45, 2.75) is 37.7 Å². The van der Waals surface area contributed by atoms with Gasteiger partial charge in [-0.3, -0.25) is 0 Å². The Kier molecular flexibility index (Phi) is 2.58. The molecule has 14 heavy (non-hydrogen) atoms. The number of nitrogens with two attached hydrogens (primary N) is 1. The minimum atomic E-state index is -0.507. The number of aliphatic hydroxyl groups is 1. The molecule has 1 saturated carbocycles. The summed E-state index contributed by atoms with van der Waals surface area (Å²) in [4.78, 5) is 2.24. The highest BCUT2D eigenvalue weighted by Crippen LogP contribution is 2.51. The van der Waals surface area contributed by atoms with Crippen LogP contribution < -0.4 is 5.73 Å². The molecule has 1 atom stereocenters. The Morgan fingerprint density at radius 3 is 2.43 bits per heavy atom. The molecule has 2 aliphatic rings. The van der Waals surface area contributed by atoms with Crippen molar-refractivity contribution in [2.75, 3.05) is 26.7 Å². The van der Waals surface area contributed by atoms with Gasteiger partial charge in [-0.25, -0.2) is 0 Å². The highest BCUT2D eigenvalue weighted by Gasteiger charge is 2.53. The minimum Gasteiger partial charge on any atom is -0.388 e. The summed E-state index contributed by atoms with van der Waals surface area (Å²) in [6, 6.07) is 0. The van der Waals surface area contributed by atoms with Crippen LogP contribution in [0.25, 0.3) is 0 Å². The molecule has 1 aliphatic heterocycles. The Hall–Kier alpha value is -0.120. The van der Waals surface area contributed by atoms with Gasteiger partial charge in [0.05, 0.1) is 5.60 Å². The van der Waals surface area contributed by atoms with Crippen molar-refractivity contribution in [1.29, 1.82) is 0 Å². The van der Waals surface area contributed by atoms with Gasteiger partial charge in [0.15, 0.2) is 0 Å². The van der Waals surface area contributed by atoms with Gasteiger partial charge >= 0.3 is 0 Å². The maximum absolute atomic E-state index is 10.7. The Morgan fingerprint density at radius 1 is 1.29 bits per heavy atom. The van der Waals surface area contributed by atoms with Gasteiger partial charge in [0, 0.05) is 18.5 Å². The van der Waals surface area contributed by atoms with E-state index in [9.17, 15) is 5.11 Å². The van der Waals surface area contributed by atoms with Crippen molar-refractivity contribution < 1.29 is 5.11 Å². The molecule has 1 aliphatic carbocycles. The van der Waals surface area contributed by atoms with Crippen LogP contribution in [0.4, 0.5) is 0 Å². The third-order valence-electron chi connectivity index (χ3n) is 4.35. The normalized spacial score (nSPS) is 37.9. The maximum atomic E-state index is 10.7. The Labute approximate surface area is 86.3 Å². The fourth-order valence-electron chi connectivity index (χ4n) is 3.14. The van der Waals surface area contributed by atoms with E-state index < -0.39 is 5.60 Å². The van der Waals surface area contributed by atoms with Crippen LogP contribution in [0.5, 0.6) is 0 Å². The second-order valence-electron chi connectivity index (χ2n) is 5.21. The first kappa shape index (κ1) is 10.4. The number of β-amino-alcohol motifs (C(OH)–C–C–N with tert-alkyl or cyclic N) is 1. The van der Waals surface area contributed by atoms with Gasteiger partial charge in [-0.2, -0.15) is 0 Å². The first-order valence-electron chi connectivity index (χ1n) is 5.73. The van der Waals surface area contributed by atoms with Crippen molar-refractivity contribution in [3.05, 3.63) is 0 Å². The zero-order chi connectivity index (χ0) is 10.2. The first-order valence-corrected chi connectivity index (χ1v) is 5.73. The third kappa shape index (κ3) is 1.38. The minimum absolute atomic E-state index is 0.0433. The number of nitrogens with zero attached hydrogens (tertiary/aromatic N) is 1. The highest BCUT2D eigenvalue weighted by molar-refractivity contribution is 5.06. The monoisotopic (exact) mass is 198 g/mol. The summed E-state index contributed by atoms with van der Waals surface area (Å²) in [5.41, 5.74) is 5.39. The lowest BCUT2D eigenvalue weighted by atomic mass is 9.56. The van der Waals surface area contributed by atoms with Gasteiger partial charge < -0.3 is 15.7 Å². The SMILES string of the molecule is CN1CCCC(O)(C2(CN)CCC2)C1. The second-order valence-corrected chi connectivity index (χ2v) is 5.21. The van der Waals surface area contributed by atoms with E-state index >= 15 is 0 Å². The zero-order valence-electron chi connectivity index (χ0n) is 9.13. The Bertz CT molecular complexity index is 210. The zero-order valence-corrected chi connectivity index (χ0v) is 9.13. The Balaban J connectivity index is 2.12. The lowest BCUT2D eigenvalue weighted by Crippen LogP contribution is -2.62. The van der Waals surface area contributed by atoms with Crippen LogP contribution in [0, 0.1) is 5.41 Å². The molecule has 3 N–H and O–H groups in total. The summed E-state index contributed by atoms with van der Waals surface area (Å²) in [6.07, 6.45) is 5.52. The van der Waals surface area contributed by atoms with Crippen LogP contribution in [0.3, 0.4) is 0 Å². The standard InChI is InChI=1S/C11H22N2O/c1-13-7-3-6-11(14,9-13)10(8-12)4-2-5-10/h14H,2-9,12H2,1H3. The predicted molar refractivity (Wildman–Crippen MR) is 57.0 cm³/mol. The van der Waals surface area contributed by atoms with Crippen LogP contribution in [-0.4, -0.2) is 42.3 Å². The van der Waals surface area contributed by atoms with Gasteiger partial charge in [0.1, 0.15) is 0 Å². The van der Waals surface area contributed by atoms with E-state index in [0.29, 0.717) is 6.54 Å². The molecule has 3 nitrogen and oxygen atoms in total. The van der Waals surface area contributed by atoms with Crippen LogP contribution >= 0.6 is 0 Å². The predicted octanol–water partition coefficient (Wildman–Crippen LogP) is 0.572. The van der Waals surface area contributed by atoms with Gasteiger partial charge in [-0.1, -0.05) is 6.42 Å². The van der Waals surface area contributed by atoms with E-state index in [1.165, 1.54) is 6.42 Å². The molecule has 1 saturated heterocycles. The first-order chi connectivity index (χ1) is 6.62. The van der Waals surface area contributed by atoms with E-state index in [4.69, 9.17) is 5.73 Å². The second kappa shape index (κ2) is 3.47. The Morgan fingerprint density at radius 2 is 2.00 bits per heavy atom. The summed E-state index contributed by atoms with van der Waals surface area (Å²) in [5, 5.41) is 10.7. The number of piperidine rings is 1. The van der Waals surface area contributed by atoms with E-state index in [1.54, 1.807) is 0 Å². The summed E-state index contributed by atoms with van der Waals surface area (Å²) in [5.74, 6) is 0. The summed E-state index contributed by atoms with van der Waals surface area (Å²) < 4.78 is 0. The van der Waals surface area contributed by atoms with Gasteiger partial charge in [0.25, 0.3) is 0 Å². The van der Waals surface area contributed by atoms with E-state index in [0.717, 1.165) is 38.8 Å². The number of likely N-dealkylation sites (N-methyl/N-ethyl adjacent to an activating group) is 1. The maximum Gasteiger partial charge on any atom is 0.0842 e. The number of hydrogen-bond donors (Lipinski definition) is 2. The van der Waals surface area contributed by atoms with Gasteiger partial charge in [-0.15, -0.1) is 0 Å². The molecular weight excluding hydrogens is 176 g/mol. The number of hydrogen-bond acceptors (Lipinski definition) is 3. The lowest BCUT2D eigenvalue weighted by molar-refractivity contribution is -0.152. The number of rotatable bonds is 2. The molecular formula is C11H22N2O. The highest BCUT2D eigenvalue weighted by atomic mass is 16.3. The summed E-state index contributed by atoms with van der Waals surface area (Å²) >= 11 is 0. The lowest BCUT2D eigenvalue weighted by Gasteiger charge is -2.55. The average molecular weight is 198 g/mol. The summed E-state index contributed by atoms with van der Waals surface area (Å²) in [6.45, 7) is 2.57. The quantitative estimate of drug-likeness (QED) is 0.682. The van der Waals surface area contributed by atoms with Crippen LogP contribution in [0.1, 0.15) is 32.1 Å². The molecule has 0 aromatic carbocycles. The molecule has 82 valence electrons. The molecule has 0 bridgehead atoms. The molecule has 0 aromatic heterocycles. The van der Waals surface area contributed by atoms with Crippen molar-refractivity contribution in [2.24, 2.45) is 11.1 Å². The molecule has 0 aromatic rings. The third-order valence-corrected chi connectivity index (χ3v) is 4.35. The topological polar surface area (TPSA) is 49.5 Å². The molecule has 1 heterocycles. The van der Waals surface area contributed by atoms with Crippen molar-refractivity contribution in [1.82, 2.24) is 4.90 Å². The fraction of sp³-hybridized carbons (Fsp3) is 1.00. The van der Waals surface area contributed by atoms with Gasteiger partial charge in [-0.05, 0) is 39.3 Å². The molecule has 2 fully saturated rings. The van der Waals surface area contributed by atoms with Crippen LogP contribution in [0.2, 0.25) is 0 Å². The van der Waals surface area contributed by atoms with E-state index in [1.807, 2.05) is 0 Å². The van der Waals surface area contributed by atoms with E-state index in [2.05, 4.69) is 11.9 Å². The molecule has 0 amide bonds.